The van der Waals surface area contributed by atoms with E-state index in [1.165, 1.54) is 20.3 Å². The first-order chi connectivity index (χ1) is 16.3. The summed E-state index contributed by atoms with van der Waals surface area (Å²) in [5, 5.41) is 3.49. The van der Waals surface area contributed by atoms with Crippen LogP contribution in [0.3, 0.4) is 0 Å². The molecule has 0 aromatic heterocycles. The topological polar surface area (TPSA) is 39.7 Å². The summed E-state index contributed by atoms with van der Waals surface area (Å²) in [6, 6.07) is 27.2. The van der Waals surface area contributed by atoms with E-state index in [1.54, 1.807) is 0 Å². The fourth-order valence-corrected chi connectivity index (χ4v) is 4.67. The van der Waals surface area contributed by atoms with Gasteiger partial charge in [0.2, 0.25) is 0 Å². The van der Waals surface area contributed by atoms with E-state index in [0.717, 1.165) is 31.7 Å². The molecule has 3 aromatic carbocycles. The zero-order valence-corrected chi connectivity index (χ0v) is 22.3. The van der Waals surface area contributed by atoms with Crippen molar-refractivity contribution in [2.75, 3.05) is 26.3 Å². The molecule has 0 bridgehead atoms. The van der Waals surface area contributed by atoms with E-state index in [1.807, 2.05) is 18.2 Å². The van der Waals surface area contributed by atoms with E-state index < -0.39 is 0 Å². The van der Waals surface area contributed by atoms with Gasteiger partial charge in [0.25, 0.3) is 0 Å². The van der Waals surface area contributed by atoms with Crippen LogP contribution in [-0.2, 0) is 22.7 Å². The lowest BCUT2D eigenvalue weighted by molar-refractivity contribution is 0.0103. The minimum absolute atomic E-state index is 0. The molecule has 6 heteroatoms. The Bertz CT molecular complexity index is 971. The van der Waals surface area contributed by atoms with Crippen LogP contribution in [0.4, 0.5) is 0 Å². The molecule has 0 spiro atoms. The van der Waals surface area contributed by atoms with Crippen LogP contribution in [0, 0.1) is 3.57 Å². The van der Waals surface area contributed by atoms with Crippen LogP contribution in [0.25, 0.3) is 0 Å². The van der Waals surface area contributed by atoms with E-state index in [0.29, 0.717) is 32.3 Å². The molecule has 4 nitrogen and oxygen atoms in total. The SMILES string of the molecule is Cl.Ic1ccccc1COC1CNCCC1c1ccc(OCCCOCc2ccccc2)cc1. The Morgan fingerprint density at radius 1 is 0.853 bits per heavy atom. The molecule has 2 atom stereocenters. The first-order valence-corrected chi connectivity index (χ1v) is 12.8. The van der Waals surface area contributed by atoms with Crippen LogP contribution >= 0.6 is 35.0 Å². The number of ether oxygens (including phenoxy) is 3. The van der Waals surface area contributed by atoms with E-state index in [9.17, 15) is 0 Å². The highest BCUT2D eigenvalue weighted by molar-refractivity contribution is 14.1. The summed E-state index contributed by atoms with van der Waals surface area (Å²) < 4.78 is 19.3. The quantitative estimate of drug-likeness (QED) is 0.207. The van der Waals surface area contributed by atoms with Crippen molar-refractivity contribution in [1.82, 2.24) is 5.32 Å². The molecule has 1 heterocycles. The smallest absolute Gasteiger partial charge is 0.119 e. The molecule has 0 aliphatic carbocycles. The zero-order chi connectivity index (χ0) is 22.7. The lowest BCUT2D eigenvalue weighted by Gasteiger charge is -2.32. The summed E-state index contributed by atoms with van der Waals surface area (Å²) in [6.07, 6.45) is 2.12. The Labute approximate surface area is 222 Å². The fourth-order valence-electron chi connectivity index (χ4n) is 4.13. The highest BCUT2D eigenvalue weighted by Crippen LogP contribution is 2.30. The van der Waals surface area contributed by atoms with Crippen molar-refractivity contribution in [2.45, 2.75) is 38.1 Å². The maximum atomic E-state index is 6.37. The number of halogens is 2. The second-order valence-electron chi connectivity index (χ2n) is 8.35. The van der Waals surface area contributed by atoms with Gasteiger partial charge in [-0.2, -0.15) is 0 Å². The maximum absolute atomic E-state index is 6.37. The Hall–Kier alpha value is -1.64. The van der Waals surface area contributed by atoms with Gasteiger partial charge >= 0.3 is 0 Å². The van der Waals surface area contributed by atoms with Gasteiger partial charge in [0.1, 0.15) is 5.75 Å². The van der Waals surface area contributed by atoms with E-state index in [-0.39, 0.29) is 18.5 Å². The Balaban J connectivity index is 0.00000324. The summed E-state index contributed by atoms with van der Waals surface area (Å²) >= 11 is 2.38. The molecule has 0 amide bonds. The standard InChI is InChI=1S/C28H32INO3.ClH/c29-27-10-5-4-9-24(27)21-33-28-19-30-16-15-26(28)23-11-13-25(14-12-23)32-18-6-17-31-20-22-7-2-1-3-8-22;/h1-5,7-14,26,28,30H,6,15-21H2;1H. The molecule has 1 N–H and O–H groups in total. The van der Waals surface area contributed by atoms with Crippen molar-refractivity contribution in [1.29, 1.82) is 0 Å². The van der Waals surface area contributed by atoms with Crippen molar-refractivity contribution < 1.29 is 14.2 Å². The third-order valence-electron chi connectivity index (χ3n) is 5.96. The van der Waals surface area contributed by atoms with Gasteiger partial charge in [-0.25, -0.2) is 0 Å². The van der Waals surface area contributed by atoms with Gasteiger partial charge in [0.15, 0.2) is 0 Å². The summed E-state index contributed by atoms with van der Waals surface area (Å²) in [5.74, 6) is 1.31. The van der Waals surface area contributed by atoms with Gasteiger partial charge in [-0.15, -0.1) is 12.4 Å². The third kappa shape index (κ3) is 8.24. The van der Waals surface area contributed by atoms with Crippen molar-refractivity contribution >= 4 is 35.0 Å². The minimum Gasteiger partial charge on any atom is -0.494 e. The van der Waals surface area contributed by atoms with Gasteiger partial charge in [0.05, 0.1) is 32.5 Å². The van der Waals surface area contributed by atoms with Crippen molar-refractivity contribution in [3.8, 4) is 5.75 Å². The Kier molecular flexibility index (Phi) is 11.6. The number of benzene rings is 3. The van der Waals surface area contributed by atoms with Crippen LogP contribution < -0.4 is 10.1 Å². The van der Waals surface area contributed by atoms with Crippen molar-refractivity contribution in [3.05, 3.63) is 99.1 Å². The summed E-state index contributed by atoms with van der Waals surface area (Å²) in [4.78, 5) is 0. The van der Waals surface area contributed by atoms with Crippen LogP contribution in [0.15, 0.2) is 78.9 Å². The normalized spacial score (nSPS) is 17.7. The molecule has 3 aromatic rings. The lowest BCUT2D eigenvalue weighted by Crippen LogP contribution is -2.41. The lowest BCUT2D eigenvalue weighted by atomic mass is 9.87. The van der Waals surface area contributed by atoms with Gasteiger partial charge in [-0.3, -0.25) is 0 Å². The Morgan fingerprint density at radius 3 is 2.41 bits per heavy atom. The first kappa shape index (κ1) is 27.0. The fraction of sp³-hybridized carbons (Fsp3) is 0.357. The molecule has 0 saturated carbocycles. The average Bonchev–Trinajstić information content (AvgIpc) is 2.87. The second-order valence-corrected chi connectivity index (χ2v) is 9.51. The van der Waals surface area contributed by atoms with Gasteiger partial charge < -0.3 is 19.5 Å². The largest absolute Gasteiger partial charge is 0.494 e. The predicted octanol–water partition coefficient (Wildman–Crippen LogP) is 6.36. The zero-order valence-electron chi connectivity index (χ0n) is 19.3. The van der Waals surface area contributed by atoms with Crippen molar-refractivity contribution in [3.63, 3.8) is 0 Å². The molecule has 1 saturated heterocycles. The number of hydrogen-bond acceptors (Lipinski definition) is 4. The van der Waals surface area contributed by atoms with Crippen LogP contribution in [0.5, 0.6) is 5.75 Å². The molecule has 34 heavy (non-hydrogen) atoms. The molecule has 1 aliphatic heterocycles. The molecule has 0 radical (unpaired) electrons. The molecular formula is C28H33ClINO3. The first-order valence-electron chi connectivity index (χ1n) is 11.7. The second kappa shape index (κ2) is 14.7. The summed E-state index contributed by atoms with van der Waals surface area (Å²) in [6.45, 7) is 4.56. The summed E-state index contributed by atoms with van der Waals surface area (Å²) in [7, 11) is 0. The van der Waals surface area contributed by atoms with Crippen molar-refractivity contribution in [2.24, 2.45) is 0 Å². The van der Waals surface area contributed by atoms with Gasteiger partial charge in [-0.05, 0) is 70.4 Å². The van der Waals surface area contributed by atoms with E-state index >= 15 is 0 Å². The average molecular weight is 594 g/mol. The van der Waals surface area contributed by atoms with Crippen LogP contribution in [0.1, 0.15) is 35.4 Å². The van der Waals surface area contributed by atoms with Gasteiger partial charge in [0, 0.05) is 22.5 Å². The van der Waals surface area contributed by atoms with E-state index in [2.05, 4.69) is 88.6 Å². The van der Waals surface area contributed by atoms with Crippen LogP contribution in [0.2, 0.25) is 0 Å². The maximum Gasteiger partial charge on any atom is 0.119 e. The Morgan fingerprint density at radius 2 is 1.62 bits per heavy atom. The molecule has 2 unspecified atom stereocenters. The number of hydrogen-bond donors (Lipinski definition) is 1. The van der Waals surface area contributed by atoms with Crippen LogP contribution in [-0.4, -0.2) is 32.4 Å². The highest BCUT2D eigenvalue weighted by atomic mass is 127. The number of piperidine rings is 1. The monoisotopic (exact) mass is 593 g/mol. The highest BCUT2D eigenvalue weighted by Gasteiger charge is 2.27. The minimum atomic E-state index is 0. The predicted molar refractivity (Wildman–Crippen MR) is 148 cm³/mol. The summed E-state index contributed by atoms with van der Waals surface area (Å²) in [5.41, 5.74) is 3.77. The molecule has 1 aliphatic rings. The number of rotatable bonds is 11. The van der Waals surface area contributed by atoms with E-state index in [4.69, 9.17) is 14.2 Å². The third-order valence-corrected chi connectivity index (χ3v) is 7.01. The molecule has 4 rings (SSSR count). The molecular weight excluding hydrogens is 561 g/mol. The molecule has 182 valence electrons. The van der Waals surface area contributed by atoms with Gasteiger partial charge in [-0.1, -0.05) is 60.7 Å². The number of nitrogens with one attached hydrogen (secondary N) is 1. The molecule has 1 fully saturated rings.